The van der Waals surface area contributed by atoms with Crippen molar-refractivity contribution in [3.8, 4) is 0 Å². The van der Waals surface area contributed by atoms with Gasteiger partial charge < -0.3 is 14.6 Å². The standard InChI is InChI=1S/C31H52O4/c1-19(2)9-8-10-20(3)25-13-14-26-23-12-11-22-17-28(35-29(32)33)24(21(4)34-7)18-31(22,6)27(23)15-16-30(25,26)5/h11,19-21,23-28H,8-10,12-18H2,1-7H3,(H,32,33)/t20-,21?,23+,24?,25-,26+,27+,28-,30-,31+/m1/s1. The average Bonchev–Trinajstić information content (AvgIpc) is 3.15. The predicted octanol–water partition coefficient (Wildman–Crippen LogP) is 8.35. The molecule has 0 spiro atoms. The summed E-state index contributed by atoms with van der Waals surface area (Å²) in [7, 11) is 1.74. The third kappa shape index (κ3) is 4.94. The highest BCUT2D eigenvalue weighted by molar-refractivity contribution is 5.57. The Kier molecular flexibility index (Phi) is 8.01. The van der Waals surface area contributed by atoms with Gasteiger partial charge in [-0.05, 0) is 91.8 Å². The molecule has 0 aliphatic heterocycles. The first-order valence-electron chi connectivity index (χ1n) is 14.6. The van der Waals surface area contributed by atoms with Crippen LogP contribution in [0.4, 0.5) is 4.79 Å². The fourth-order valence-corrected chi connectivity index (χ4v) is 9.67. The second-order valence-corrected chi connectivity index (χ2v) is 13.7. The zero-order valence-corrected chi connectivity index (χ0v) is 23.5. The van der Waals surface area contributed by atoms with Crippen LogP contribution in [0.25, 0.3) is 0 Å². The van der Waals surface area contributed by atoms with Crippen LogP contribution in [0.3, 0.4) is 0 Å². The van der Waals surface area contributed by atoms with Crippen molar-refractivity contribution in [1.82, 2.24) is 0 Å². The molecule has 1 N–H and O–H groups in total. The van der Waals surface area contributed by atoms with Crippen molar-refractivity contribution >= 4 is 6.16 Å². The molecule has 0 bridgehead atoms. The summed E-state index contributed by atoms with van der Waals surface area (Å²) in [5.41, 5.74) is 2.09. The SMILES string of the molecule is COC(C)C1C[C@@]2(C)C(=CC[C@H]3[C@@H]4CC[C@H]([C@H](C)CCCC(C)C)[C@@]4(C)CC[C@@H]32)C[C@H]1OC(=O)O. The van der Waals surface area contributed by atoms with Gasteiger partial charge in [-0.3, -0.25) is 0 Å². The minimum absolute atomic E-state index is 0.00509. The zero-order chi connectivity index (χ0) is 25.5. The number of carboxylic acid groups (broad SMARTS) is 1. The van der Waals surface area contributed by atoms with Crippen molar-refractivity contribution in [2.24, 2.45) is 52.3 Å². The molecule has 35 heavy (non-hydrogen) atoms. The van der Waals surface area contributed by atoms with E-state index in [-0.39, 0.29) is 23.5 Å². The third-order valence-corrected chi connectivity index (χ3v) is 11.6. The summed E-state index contributed by atoms with van der Waals surface area (Å²) >= 11 is 0. The van der Waals surface area contributed by atoms with Crippen LogP contribution < -0.4 is 0 Å². The van der Waals surface area contributed by atoms with Gasteiger partial charge in [0.2, 0.25) is 0 Å². The van der Waals surface area contributed by atoms with E-state index in [9.17, 15) is 9.90 Å². The molecule has 0 heterocycles. The Bertz CT molecular complexity index is 789. The predicted molar refractivity (Wildman–Crippen MR) is 141 cm³/mol. The van der Waals surface area contributed by atoms with E-state index in [1.54, 1.807) is 7.11 Å². The van der Waals surface area contributed by atoms with Crippen molar-refractivity contribution in [2.45, 2.75) is 118 Å². The fourth-order valence-electron chi connectivity index (χ4n) is 9.67. The smallest absolute Gasteiger partial charge is 0.450 e. The van der Waals surface area contributed by atoms with Crippen LogP contribution in [-0.4, -0.2) is 30.6 Å². The number of fused-ring (bicyclic) bond motifs is 5. The van der Waals surface area contributed by atoms with Gasteiger partial charge in [-0.25, -0.2) is 4.79 Å². The van der Waals surface area contributed by atoms with E-state index in [1.807, 2.05) is 0 Å². The van der Waals surface area contributed by atoms with Crippen LogP contribution in [0, 0.1) is 52.3 Å². The number of hydrogen-bond acceptors (Lipinski definition) is 3. The van der Waals surface area contributed by atoms with E-state index in [4.69, 9.17) is 9.47 Å². The molecule has 0 saturated heterocycles. The molecule has 4 aliphatic rings. The van der Waals surface area contributed by atoms with Crippen LogP contribution in [-0.2, 0) is 9.47 Å². The van der Waals surface area contributed by atoms with Gasteiger partial charge in [0.1, 0.15) is 6.10 Å². The Morgan fingerprint density at radius 3 is 2.51 bits per heavy atom. The molecule has 0 aromatic carbocycles. The van der Waals surface area contributed by atoms with Gasteiger partial charge >= 0.3 is 6.16 Å². The van der Waals surface area contributed by atoms with Crippen LogP contribution in [0.1, 0.15) is 106 Å². The van der Waals surface area contributed by atoms with Gasteiger partial charge in [0.05, 0.1) is 6.10 Å². The second-order valence-electron chi connectivity index (χ2n) is 13.7. The molecular weight excluding hydrogens is 436 g/mol. The van der Waals surface area contributed by atoms with E-state index >= 15 is 0 Å². The number of allylic oxidation sites excluding steroid dienone is 1. The molecule has 0 radical (unpaired) electrons. The number of rotatable bonds is 8. The molecule has 200 valence electrons. The van der Waals surface area contributed by atoms with E-state index in [0.29, 0.717) is 11.3 Å². The molecular formula is C31H52O4. The molecule has 0 aromatic rings. The highest BCUT2D eigenvalue weighted by atomic mass is 16.7. The van der Waals surface area contributed by atoms with E-state index < -0.39 is 6.16 Å². The van der Waals surface area contributed by atoms with E-state index in [2.05, 4.69) is 47.6 Å². The van der Waals surface area contributed by atoms with Gasteiger partial charge in [0, 0.05) is 19.4 Å². The lowest BCUT2D eigenvalue weighted by Crippen LogP contribution is -2.54. The van der Waals surface area contributed by atoms with Crippen molar-refractivity contribution < 1.29 is 19.4 Å². The topological polar surface area (TPSA) is 55.8 Å². The first-order chi connectivity index (χ1) is 16.5. The van der Waals surface area contributed by atoms with Crippen molar-refractivity contribution in [2.75, 3.05) is 7.11 Å². The van der Waals surface area contributed by atoms with E-state index in [1.165, 1.54) is 56.9 Å². The molecule has 4 nitrogen and oxygen atoms in total. The van der Waals surface area contributed by atoms with Crippen LogP contribution in [0.5, 0.6) is 0 Å². The number of methoxy groups -OCH3 is 1. The largest absolute Gasteiger partial charge is 0.506 e. The number of carbonyl (C=O) groups is 1. The maximum absolute atomic E-state index is 11.5. The first kappa shape index (κ1) is 27.0. The fraction of sp³-hybridized carbons (Fsp3) is 0.903. The second kappa shape index (κ2) is 10.4. The molecule has 10 atom stereocenters. The molecule has 4 heteroatoms. The molecule has 3 fully saturated rings. The van der Waals surface area contributed by atoms with Gasteiger partial charge in [0.25, 0.3) is 0 Å². The maximum Gasteiger partial charge on any atom is 0.506 e. The highest BCUT2D eigenvalue weighted by Gasteiger charge is 2.60. The van der Waals surface area contributed by atoms with Crippen molar-refractivity contribution in [1.29, 1.82) is 0 Å². The van der Waals surface area contributed by atoms with Crippen molar-refractivity contribution in [3.05, 3.63) is 11.6 Å². The highest BCUT2D eigenvalue weighted by Crippen LogP contribution is 2.68. The number of ether oxygens (including phenoxy) is 2. The first-order valence-corrected chi connectivity index (χ1v) is 14.6. The molecule has 0 aromatic heterocycles. The van der Waals surface area contributed by atoms with Gasteiger partial charge in [0.15, 0.2) is 0 Å². The van der Waals surface area contributed by atoms with Gasteiger partial charge in [-0.1, -0.05) is 65.5 Å². The number of hydrogen-bond donors (Lipinski definition) is 1. The molecule has 0 amide bonds. The minimum Gasteiger partial charge on any atom is -0.450 e. The Hall–Kier alpha value is -1.03. The van der Waals surface area contributed by atoms with Crippen LogP contribution in [0.15, 0.2) is 11.6 Å². The summed E-state index contributed by atoms with van der Waals surface area (Å²) in [6.07, 6.45) is 13.6. The average molecular weight is 489 g/mol. The molecule has 2 unspecified atom stereocenters. The summed E-state index contributed by atoms with van der Waals surface area (Å²) in [5.74, 6) is 4.94. The quantitative estimate of drug-likeness (QED) is 0.275. The van der Waals surface area contributed by atoms with Crippen LogP contribution >= 0.6 is 0 Å². The van der Waals surface area contributed by atoms with Crippen molar-refractivity contribution in [3.63, 3.8) is 0 Å². The molecule has 3 saturated carbocycles. The summed E-state index contributed by atoms with van der Waals surface area (Å²) in [6, 6.07) is 0. The van der Waals surface area contributed by atoms with E-state index in [0.717, 1.165) is 42.4 Å². The summed E-state index contributed by atoms with van der Waals surface area (Å²) in [4.78, 5) is 11.5. The summed E-state index contributed by atoms with van der Waals surface area (Å²) in [5, 5.41) is 9.38. The Morgan fingerprint density at radius 1 is 1.11 bits per heavy atom. The van der Waals surface area contributed by atoms with Crippen LogP contribution in [0.2, 0.25) is 0 Å². The Labute approximate surface area is 214 Å². The lowest BCUT2D eigenvalue weighted by atomic mass is 9.46. The summed E-state index contributed by atoms with van der Waals surface area (Å²) in [6.45, 7) is 14.5. The van der Waals surface area contributed by atoms with Gasteiger partial charge in [-0.2, -0.15) is 0 Å². The maximum atomic E-state index is 11.5. The Balaban J connectivity index is 1.53. The molecule has 4 rings (SSSR count). The summed E-state index contributed by atoms with van der Waals surface area (Å²) < 4.78 is 11.2. The minimum atomic E-state index is -1.16. The zero-order valence-electron chi connectivity index (χ0n) is 23.5. The molecule has 4 aliphatic carbocycles. The monoisotopic (exact) mass is 488 g/mol. The lowest BCUT2D eigenvalue weighted by Gasteiger charge is -2.59. The normalized spacial score (nSPS) is 42.5. The van der Waals surface area contributed by atoms with Gasteiger partial charge in [-0.15, -0.1) is 0 Å². The Morgan fingerprint density at radius 2 is 1.86 bits per heavy atom. The third-order valence-electron chi connectivity index (χ3n) is 11.6. The lowest BCUT2D eigenvalue weighted by molar-refractivity contribution is -0.0968.